The molecule has 0 bridgehead atoms. The van der Waals surface area contributed by atoms with E-state index in [2.05, 4.69) is 15.4 Å². The minimum absolute atomic E-state index is 0.175. The van der Waals surface area contributed by atoms with Crippen LogP contribution in [0.25, 0.3) is 22.5 Å². The number of nitrogens with one attached hydrogen (secondary N) is 1. The Morgan fingerprint density at radius 2 is 2.00 bits per heavy atom. The average molecular weight is 414 g/mol. The molecule has 1 N–H and O–H groups in total. The van der Waals surface area contributed by atoms with Crippen LogP contribution in [0.15, 0.2) is 53.1 Å². The number of halogens is 3. The van der Waals surface area contributed by atoms with E-state index in [1.54, 1.807) is 31.2 Å². The van der Waals surface area contributed by atoms with Crippen LogP contribution in [0.1, 0.15) is 23.2 Å². The smallest absolute Gasteiger partial charge is 0.264 e. The lowest BCUT2D eigenvalue weighted by Gasteiger charge is -2.08. The maximum Gasteiger partial charge on any atom is 0.264 e. The summed E-state index contributed by atoms with van der Waals surface area (Å²) in [4.78, 5) is 16.8. The quantitative estimate of drug-likeness (QED) is 0.508. The lowest BCUT2D eigenvalue weighted by molar-refractivity contribution is -0.121. The number of pyridine rings is 1. The number of aromatic nitrogens is 3. The van der Waals surface area contributed by atoms with E-state index in [1.807, 2.05) is 0 Å². The molecule has 3 aromatic heterocycles. The number of furan rings is 1. The van der Waals surface area contributed by atoms with Gasteiger partial charge in [0.1, 0.15) is 18.1 Å². The number of hydrogen-bond acceptors (Lipinski definition) is 4. The van der Waals surface area contributed by atoms with Crippen LogP contribution in [-0.4, -0.2) is 20.7 Å². The van der Waals surface area contributed by atoms with Crippen molar-refractivity contribution in [3.05, 3.63) is 71.4 Å². The molecule has 0 spiro atoms. The first-order valence-electron chi connectivity index (χ1n) is 9.13. The average Bonchev–Trinajstić information content (AvgIpc) is 3.36. The Bertz CT molecular complexity index is 1190. The highest BCUT2D eigenvalue weighted by Crippen LogP contribution is 2.33. The number of nitrogens with zero attached hydrogens (tertiary/aromatic N) is 3. The van der Waals surface area contributed by atoms with Crippen LogP contribution < -0.4 is 5.32 Å². The number of carbonyl (C=O) groups is 1. The number of rotatable bonds is 6. The predicted octanol–water partition coefficient (Wildman–Crippen LogP) is 4.39. The molecule has 0 atom stereocenters. The van der Waals surface area contributed by atoms with Gasteiger partial charge in [-0.05, 0) is 42.8 Å². The van der Waals surface area contributed by atoms with Crippen molar-refractivity contribution in [2.24, 2.45) is 0 Å². The number of fused-ring (bicyclic) bond motifs is 1. The van der Waals surface area contributed by atoms with Crippen LogP contribution in [0.3, 0.4) is 0 Å². The molecule has 0 aliphatic carbocycles. The summed E-state index contributed by atoms with van der Waals surface area (Å²) in [6.07, 6.45) is -1.32. The molecule has 0 unspecified atom stereocenters. The maximum atomic E-state index is 13.7. The van der Waals surface area contributed by atoms with Gasteiger partial charge in [-0.1, -0.05) is 12.1 Å². The summed E-state index contributed by atoms with van der Waals surface area (Å²) >= 11 is 0. The maximum absolute atomic E-state index is 13.7. The standard InChI is InChI=1S/C21H17F3N4O2/c1-12-19-15(20(23)24)9-16(17-3-2-8-30-17)26-21(19)28(27-12)11-18(29)25-10-13-4-6-14(22)7-5-13/h2-9,20H,10-11H2,1H3,(H,25,29). The van der Waals surface area contributed by atoms with Gasteiger partial charge in [-0.25, -0.2) is 22.8 Å². The highest BCUT2D eigenvalue weighted by molar-refractivity contribution is 5.86. The van der Waals surface area contributed by atoms with Gasteiger partial charge in [0.05, 0.1) is 17.3 Å². The molecule has 4 rings (SSSR count). The first kappa shape index (κ1) is 19.7. The second kappa shape index (κ2) is 8.02. The molecule has 3 heterocycles. The van der Waals surface area contributed by atoms with E-state index in [0.29, 0.717) is 11.5 Å². The van der Waals surface area contributed by atoms with Gasteiger partial charge in [0.25, 0.3) is 6.43 Å². The molecule has 1 aromatic carbocycles. The molecule has 0 aliphatic rings. The van der Waals surface area contributed by atoms with Crippen molar-refractivity contribution >= 4 is 16.9 Å². The van der Waals surface area contributed by atoms with Crippen molar-refractivity contribution in [2.75, 3.05) is 0 Å². The fraction of sp³-hybridized carbons (Fsp3) is 0.190. The number of aryl methyl sites for hydroxylation is 1. The zero-order chi connectivity index (χ0) is 21.3. The van der Waals surface area contributed by atoms with E-state index in [9.17, 15) is 18.0 Å². The number of amides is 1. The van der Waals surface area contributed by atoms with Gasteiger partial charge < -0.3 is 9.73 Å². The molecule has 4 aromatic rings. The lowest BCUT2D eigenvalue weighted by atomic mass is 10.1. The third-order valence-electron chi connectivity index (χ3n) is 4.61. The van der Waals surface area contributed by atoms with Crippen molar-refractivity contribution in [3.63, 3.8) is 0 Å². The highest BCUT2D eigenvalue weighted by Gasteiger charge is 2.22. The van der Waals surface area contributed by atoms with E-state index in [1.165, 1.54) is 29.1 Å². The summed E-state index contributed by atoms with van der Waals surface area (Å²) < 4.78 is 47.0. The number of benzene rings is 1. The fourth-order valence-corrected chi connectivity index (χ4v) is 3.21. The number of hydrogen-bond donors (Lipinski definition) is 1. The van der Waals surface area contributed by atoms with E-state index >= 15 is 0 Å². The van der Waals surface area contributed by atoms with Gasteiger partial charge in [-0.15, -0.1) is 0 Å². The molecule has 1 amide bonds. The Balaban J connectivity index is 1.63. The molecular weight excluding hydrogens is 397 g/mol. The lowest BCUT2D eigenvalue weighted by Crippen LogP contribution is -2.27. The van der Waals surface area contributed by atoms with Gasteiger partial charge in [0.15, 0.2) is 11.4 Å². The summed E-state index contributed by atoms with van der Waals surface area (Å²) in [6, 6.07) is 10.3. The van der Waals surface area contributed by atoms with Gasteiger partial charge in [0, 0.05) is 12.1 Å². The summed E-state index contributed by atoms with van der Waals surface area (Å²) in [5.74, 6) is -0.408. The molecule has 0 fully saturated rings. The van der Waals surface area contributed by atoms with E-state index in [-0.39, 0.29) is 47.1 Å². The van der Waals surface area contributed by atoms with E-state index < -0.39 is 6.43 Å². The molecule has 30 heavy (non-hydrogen) atoms. The molecular formula is C21H17F3N4O2. The van der Waals surface area contributed by atoms with Crippen LogP contribution in [0, 0.1) is 12.7 Å². The summed E-state index contributed by atoms with van der Waals surface area (Å²) in [6.45, 7) is 1.59. The normalized spacial score (nSPS) is 11.4. The molecule has 6 nitrogen and oxygen atoms in total. The SMILES string of the molecule is Cc1nn(CC(=O)NCc2ccc(F)cc2)c2nc(-c3ccco3)cc(C(F)F)c12. The largest absolute Gasteiger partial charge is 0.463 e. The van der Waals surface area contributed by atoms with Gasteiger partial charge in [0.2, 0.25) is 5.91 Å². The number of alkyl halides is 2. The van der Waals surface area contributed by atoms with Crippen molar-refractivity contribution in [1.82, 2.24) is 20.1 Å². The van der Waals surface area contributed by atoms with Crippen LogP contribution in [0.4, 0.5) is 13.2 Å². The summed E-state index contributed by atoms with van der Waals surface area (Å²) in [5.41, 5.74) is 1.26. The first-order valence-corrected chi connectivity index (χ1v) is 9.13. The number of carbonyl (C=O) groups excluding carboxylic acids is 1. The molecule has 0 aliphatic heterocycles. The van der Waals surface area contributed by atoms with Crippen LogP contribution in [0.5, 0.6) is 0 Å². The van der Waals surface area contributed by atoms with Crippen LogP contribution in [-0.2, 0) is 17.9 Å². The second-order valence-electron chi connectivity index (χ2n) is 6.72. The second-order valence-corrected chi connectivity index (χ2v) is 6.72. The highest BCUT2D eigenvalue weighted by atomic mass is 19.3. The Labute approximate surface area is 169 Å². The zero-order valence-electron chi connectivity index (χ0n) is 15.9. The zero-order valence-corrected chi connectivity index (χ0v) is 15.9. The monoisotopic (exact) mass is 414 g/mol. The Hall–Kier alpha value is -3.62. The first-order chi connectivity index (χ1) is 14.4. The van der Waals surface area contributed by atoms with Gasteiger partial charge >= 0.3 is 0 Å². The predicted molar refractivity (Wildman–Crippen MR) is 103 cm³/mol. The Morgan fingerprint density at radius 3 is 2.67 bits per heavy atom. The van der Waals surface area contributed by atoms with Gasteiger partial charge in [-0.2, -0.15) is 5.10 Å². The van der Waals surface area contributed by atoms with Crippen molar-refractivity contribution < 1.29 is 22.4 Å². The molecule has 0 saturated carbocycles. The van der Waals surface area contributed by atoms with Crippen molar-refractivity contribution in [3.8, 4) is 11.5 Å². The Kier molecular flexibility index (Phi) is 5.26. The minimum atomic E-state index is -2.74. The minimum Gasteiger partial charge on any atom is -0.463 e. The topological polar surface area (TPSA) is 73.0 Å². The summed E-state index contributed by atoms with van der Waals surface area (Å²) in [7, 11) is 0. The third-order valence-corrected chi connectivity index (χ3v) is 4.61. The molecule has 0 radical (unpaired) electrons. The molecule has 0 saturated heterocycles. The van der Waals surface area contributed by atoms with E-state index in [4.69, 9.17) is 4.42 Å². The molecule has 9 heteroatoms. The van der Waals surface area contributed by atoms with Crippen molar-refractivity contribution in [1.29, 1.82) is 0 Å². The summed E-state index contributed by atoms with van der Waals surface area (Å²) in [5, 5.41) is 7.16. The van der Waals surface area contributed by atoms with Crippen molar-refractivity contribution in [2.45, 2.75) is 26.4 Å². The molecule has 154 valence electrons. The Morgan fingerprint density at radius 1 is 1.23 bits per heavy atom. The van der Waals surface area contributed by atoms with Gasteiger partial charge in [-0.3, -0.25) is 4.79 Å². The van der Waals surface area contributed by atoms with Crippen LogP contribution >= 0.6 is 0 Å². The fourth-order valence-electron chi connectivity index (χ4n) is 3.21. The van der Waals surface area contributed by atoms with E-state index in [0.717, 1.165) is 5.56 Å². The van der Waals surface area contributed by atoms with Crippen LogP contribution in [0.2, 0.25) is 0 Å². The third kappa shape index (κ3) is 3.91.